The van der Waals surface area contributed by atoms with Gasteiger partial charge in [0.25, 0.3) is 16.0 Å². The van der Waals surface area contributed by atoms with Crippen molar-refractivity contribution in [3.63, 3.8) is 0 Å². The second-order valence-electron chi connectivity index (χ2n) is 6.79. The number of carbonyl (C=O) groups is 1. The van der Waals surface area contributed by atoms with Gasteiger partial charge in [0.2, 0.25) is 0 Å². The van der Waals surface area contributed by atoms with Gasteiger partial charge in [0.1, 0.15) is 10.6 Å². The molecule has 3 rings (SSSR count). The lowest BCUT2D eigenvalue weighted by Gasteiger charge is -2.11. The maximum Gasteiger partial charge on any atom is 0.296 e. The maximum absolute atomic E-state index is 12.3. The Morgan fingerprint density at radius 2 is 1.76 bits per heavy atom. The summed E-state index contributed by atoms with van der Waals surface area (Å²) in [5.41, 5.74) is 6.64. The molecule has 0 aliphatic carbocycles. The Labute approximate surface area is 190 Å². The summed E-state index contributed by atoms with van der Waals surface area (Å²) in [6.45, 7) is 7.10. The molecule has 0 aliphatic rings. The van der Waals surface area contributed by atoms with Gasteiger partial charge in [-0.1, -0.05) is 31.4 Å². The smallest absolute Gasteiger partial charge is 0.296 e. The van der Waals surface area contributed by atoms with E-state index in [-0.39, 0.29) is 16.3 Å². The van der Waals surface area contributed by atoms with Crippen molar-refractivity contribution in [1.82, 2.24) is 0 Å². The van der Waals surface area contributed by atoms with Gasteiger partial charge in [-0.05, 0) is 53.9 Å². The molecule has 3 aromatic rings. The van der Waals surface area contributed by atoms with Crippen LogP contribution in [0.1, 0.15) is 0 Å². The molecular formula is C23H20N4O5S. The van der Waals surface area contributed by atoms with Crippen molar-refractivity contribution in [2.45, 2.75) is 4.90 Å². The molecule has 0 atom stereocenters. The van der Waals surface area contributed by atoms with Crippen LogP contribution in [0.2, 0.25) is 0 Å². The minimum atomic E-state index is -4.77. The highest BCUT2D eigenvalue weighted by Crippen LogP contribution is 2.42. The Morgan fingerprint density at radius 3 is 2.36 bits per heavy atom. The summed E-state index contributed by atoms with van der Waals surface area (Å²) in [4.78, 5) is 11.7. The number of nitrogens with one attached hydrogen (secondary N) is 1. The summed E-state index contributed by atoms with van der Waals surface area (Å²) in [7, 11) is -4.77. The van der Waals surface area contributed by atoms with Gasteiger partial charge in [0.05, 0.1) is 5.69 Å². The van der Waals surface area contributed by atoms with Gasteiger partial charge >= 0.3 is 0 Å². The number of phenolic OH excluding ortho intramolecular Hbond substituents is 1. The number of aromatic hydroxyl groups is 1. The van der Waals surface area contributed by atoms with Gasteiger partial charge in [-0.15, -0.1) is 5.11 Å². The average Bonchev–Trinajstić information content (AvgIpc) is 2.77. The summed E-state index contributed by atoms with van der Waals surface area (Å²) in [5.74, 6) is -0.965. The number of hydrogen-bond donors (Lipinski definition) is 4. The van der Waals surface area contributed by atoms with Gasteiger partial charge in [-0.3, -0.25) is 9.35 Å². The van der Waals surface area contributed by atoms with Crippen molar-refractivity contribution >= 4 is 49.5 Å². The topological polar surface area (TPSA) is 154 Å². The molecule has 0 aromatic heterocycles. The second kappa shape index (κ2) is 9.47. The summed E-state index contributed by atoms with van der Waals surface area (Å²) in [5, 5.41) is 21.6. The summed E-state index contributed by atoms with van der Waals surface area (Å²) in [6, 6.07) is 11.8. The predicted molar refractivity (Wildman–Crippen MR) is 128 cm³/mol. The fourth-order valence-corrected chi connectivity index (χ4v) is 3.60. The standard InChI is InChI=1S/C23H20N4O5S/c1-3-5-14(4-2)23(29)25-18-10-11-19-15(12-18)13-20(33(30,31)32)21(22(19)28)27-26-17-8-6-16(24)7-9-17/h3-13,28H,1-2,24H2,(H,25,29)(H,30,31,32)/b14-5+,27-26?. The lowest BCUT2D eigenvalue weighted by Crippen LogP contribution is -2.13. The van der Waals surface area contributed by atoms with E-state index in [1.807, 2.05) is 0 Å². The van der Waals surface area contributed by atoms with Crippen molar-refractivity contribution in [2.75, 3.05) is 11.1 Å². The molecule has 5 N–H and O–H groups in total. The third kappa shape index (κ3) is 5.32. The molecule has 10 heteroatoms. The number of nitrogen functional groups attached to an aromatic ring is 1. The third-order valence-corrected chi connectivity index (χ3v) is 5.39. The zero-order valence-corrected chi connectivity index (χ0v) is 18.1. The molecule has 1 amide bonds. The first-order chi connectivity index (χ1) is 15.6. The van der Waals surface area contributed by atoms with Gasteiger partial charge < -0.3 is 16.2 Å². The number of benzene rings is 3. The molecule has 9 nitrogen and oxygen atoms in total. The lowest BCUT2D eigenvalue weighted by atomic mass is 10.1. The first kappa shape index (κ1) is 23.4. The van der Waals surface area contributed by atoms with Crippen molar-refractivity contribution in [2.24, 2.45) is 10.2 Å². The van der Waals surface area contributed by atoms with E-state index < -0.39 is 32.4 Å². The highest BCUT2D eigenvalue weighted by Gasteiger charge is 2.22. The van der Waals surface area contributed by atoms with Gasteiger partial charge in [-0.2, -0.15) is 13.5 Å². The van der Waals surface area contributed by atoms with E-state index in [1.165, 1.54) is 36.4 Å². The minimum absolute atomic E-state index is 0.234. The van der Waals surface area contributed by atoms with Crippen LogP contribution in [0.15, 0.2) is 101 Å². The lowest BCUT2D eigenvalue weighted by molar-refractivity contribution is -0.112. The van der Waals surface area contributed by atoms with Crippen LogP contribution in [-0.2, 0) is 14.9 Å². The number of carbonyl (C=O) groups excluding carboxylic acids is 1. The van der Waals surface area contributed by atoms with Crippen molar-refractivity contribution in [3.8, 4) is 5.75 Å². The monoisotopic (exact) mass is 464 g/mol. The Balaban J connectivity index is 2.09. The Bertz CT molecular complexity index is 1430. The third-order valence-electron chi connectivity index (χ3n) is 4.52. The maximum atomic E-state index is 12.3. The molecule has 3 aromatic carbocycles. The number of hydrogen-bond acceptors (Lipinski definition) is 7. The van der Waals surface area contributed by atoms with E-state index in [1.54, 1.807) is 24.3 Å². The van der Waals surface area contributed by atoms with Crippen LogP contribution in [0.4, 0.5) is 22.7 Å². The van der Waals surface area contributed by atoms with Crippen LogP contribution in [-0.4, -0.2) is 24.0 Å². The van der Waals surface area contributed by atoms with Crippen LogP contribution in [0, 0.1) is 0 Å². The van der Waals surface area contributed by atoms with Crippen LogP contribution < -0.4 is 11.1 Å². The molecule has 0 aliphatic heterocycles. The molecule has 0 saturated carbocycles. The normalized spacial score (nSPS) is 12.1. The molecule has 33 heavy (non-hydrogen) atoms. The highest BCUT2D eigenvalue weighted by atomic mass is 32.2. The van der Waals surface area contributed by atoms with E-state index >= 15 is 0 Å². The van der Waals surface area contributed by atoms with E-state index in [2.05, 4.69) is 28.7 Å². The predicted octanol–water partition coefficient (Wildman–Crippen LogP) is 5.03. The number of azo groups is 1. The second-order valence-corrected chi connectivity index (χ2v) is 8.18. The molecule has 0 spiro atoms. The zero-order chi connectivity index (χ0) is 24.2. The fourth-order valence-electron chi connectivity index (χ4n) is 2.94. The zero-order valence-electron chi connectivity index (χ0n) is 17.3. The number of allylic oxidation sites excluding steroid dienone is 2. The Morgan fingerprint density at radius 1 is 1.06 bits per heavy atom. The van der Waals surface area contributed by atoms with Gasteiger partial charge in [-0.25, -0.2) is 0 Å². The van der Waals surface area contributed by atoms with Crippen molar-refractivity contribution in [3.05, 3.63) is 85.5 Å². The van der Waals surface area contributed by atoms with E-state index in [0.29, 0.717) is 17.1 Å². The average molecular weight is 465 g/mol. The van der Waals surface area contributed by atoms with Crippen LogP contribution in [0.3, 0.4) is 0 Å². The Hall–Kier alpha value is -4.28. The van der Waals surface area contributed by atoms with Crippen LogP contribution in [0.25, 0.3) is 10.8 Å². The number of phenols is 1. The number of nitrogens with zero attached hydrogens (tertiary/aromatic N) is 2. The highest BCUT2D eigenvalue weighted by molar-refractivity contribution is 7.86. The van der Waals surface area contributed by atoms with Crippen molar-refractivity contribution in [1.29, 1.82) is 0 Å². The molecule has 0 heterocycles. The van der Waals surface area contributed by atoms with E-state index in [4.69, 9.17) is 5.73 Å². The summed E-state index contributed by atoms with van der Waals surface area (Å²) in [6.07, 6.45) is 4.27. The first-order valence-electron chi connectivity index (χ1n) is 9.45. The van der Waals surface area contributed by atoms with Crippen molar-refractivity contribution < 1.29 is 22.9 Å². The molecule has 168 valence electrons. The summed E-state index contributed by atoms with van der Waals surface area (Å²) >= 11 is 0. The molecule has 0 fully saturated rings. The molecule has 0 bridgehead atoms. The number of fused-ring (bicyclic) bond motifs is 1. The first-order valence-corrected chi connectivity index (χ1v) is 10.9. The van der Waals surface area contributed by atoms with Gasteiger partial charge in [0.15, 0.2) is 5.75 Å². The number of anilines is 2. The molecular weight excluding hydrogens is 444 g/mol. The fraction of sp³-hybridized carbons (Fsp3) is 0. The Kier molecular flexibility index (Phi) is 6.71. The van der Waals surface area contributed by atoms with Gasteiger partial charge in [0, 0.05) is 22.3 Å². The largest absolute Gasteiger partial charge is 0.505 e. The molecule has 0 radical (unpaired) electrons. The SMILES string of the molecule is C=C/C=C(\C=C)C(=O)Nc1ccc2c(O)c(N=Nc3ccc(N)cc3)c(S(=O)(=O)O)cc2c1. The summed E-state index contributed by atoms with van der Waals surface area (Å²) < 4.78 is 33.7. The molecule has 0 saturated heterocycles. The van der Waals surface area contributed by atoms with Crippen LogP contribution in [0.5, 0.6) is 5.75 Å². The van der Waals surface area contributed by atoms with Crippen LogP contribution >= 0.6 is 0 Å². The van der Waals surface area contributed by atoms with E-state index in [0.717, 1.165) is 6.07 Å². The van der Waals surface area contributed by atoms with E-state index in [9.17, 15) is 22.9 Å². The molecule has 0 unspecified atom stereocenters. The number of nitrogens with two attached hydrogens (primary N) is 1. The number of amides is 1. The minimum Gasteiger partial charge on any atom is -0.505 e. The number of rotatable bonds is 7. The quantitative estimate of drug-likeness (QED) is 0.126.